The van der Waals surface area contributed by atoms with Crippen molar-refractivity contribution < 1.29 is 4.74 Å². The van der Waals surface area contributed by atoms with Crippen LogP contribution in [-0.2, 0) is 11.2 Å². The molecule has 0 saturated heterocycles. The Kier molecular flexibility index (Phi) is 6.43. The van der Waals surface area contributed by atoms with Gasteiger partial charge in [-0.15, -0.1) is 11.3 Å². The van der Waals surface area contributed by atoms with Crippen molar-refractivity contribution in [3.8, 4) is 10.4 Å². The molecule has 0 bridgehead atoms. The molecule has 0 fully saturated rings. The first-order valence-corrected chi connectivity index (χ1v) is 8.48. The summed E-state index contributed by atoms with van der Waals surface area (Å²) in [5.74, 6) is 0. The van der Waals surface area contributed by atoms with Crippen LogP contribution in [0.3, 0.4) is 0 Å². The molecule has 0 radical (unpaired) electrons. The van der Waals surface area contributed by atoms with E-state index in [-0.39, 0.29) is 0 Å². The molecule has 2 rings (SSSR count). The molecular weight excluding hydrogens is 278 g/mol. The molecule has 21 heavy (non-hydrogen) atoms. The van der Waals surface area contributed by atoms with Crippen LogP contribution in [0, 0.1) is 0 Å². The molecular formula is C18H25NOS. The Morgan fingerprint density at radius 3 is 2.76 bits per heavy atom. The smallest absolute Gasteiger partial charge is 0.0502 e. The maximum absolute atomic E-state index is 5.22. The third-order valence-corrected chi connectivity index (χ3v) is 4.91. The van der Waals surface area contributed by atoms with Crippen molar-refractivity contribution in [2.75, 3.05) is 20.3 Å². The van der Waals surface area contributed by atoms with E-state index in [1.807, 2.05) is 11.3 Å². The molecule has 0 saturated carbocycles. The highest BCUT2D eigenvalue weighted by atomic mass is 32.1. The second-order valence-electron chi connectivity index (χ2n) is 5.28. The Hall–Kier alpha value is -1.16. The first-order valence-electron chi connectivity index (χ1n) is 7.66. The first kappa shape index (κ1) is 16.2. The van der Waals surface area contributed by atoms with Crippen molar-refractivity contribution in [2.24, 2.45) is 0 Å². The summed E-state index contributed by atoms with van der Waals surface area (Å²) in [6.07, 6.45) is 2.13. The van der Waals surface area contributed by atoms with E-state index in [1.165, 1.54) is 27.3 Å². The molecule has 0 aliphatic heterocycles. The maximum atomic E-state index is 5.22. The summed E-state index contributed by atoms with van der Waals surface area (Å²) in [7, 11) is 1.76. The molecule has 1 unspecified atom stereocenters. The zero-order chi connectivity index (χ0) is 15.1. The van der Waals surface area contributed by atoms with Crippen LogP contribution in [0.2, 0.25) is 0 Å². The van der Waals surface area contributed by atoms with E-state index >= 15 is 0 Å². The third kappa shape index (κ3) is 4.40. The second kappa shape index (κ2) is 8.32. The van der Waals surface area contributed by atoms with E-state index < -0.39 is 0 Å². The summed E-state index contributed by atoms with van der Waals surface area (Å²) in [4.78, 5) is 2.75. The molecule has 2 aromatic rings. The lowest BCUT2D eigenvalue weighted by molar-refractivity contribution is 0.202. The lowest BCUT2D eigenvalue weighted by atomic mass is 10.0. The maximum Gasteiger partial charge on any atom is 0.0502 e. The molecule has 1 N–H and O–H groups in total. The van der Waals surface area contributed by atoms with Gasteiger partial charge in [-0.05, 0) is 49.6 Å². The van der Waals surface area contributed by atoms with Gasteiger partial charge in [0, 0.05) is 22.9 Å². The molecule has 0 aliphatic carbocycles. The molecule has 1 aromatic carbocycles. The van der Waals surface area contributed by atoms with Gasteiger partial charge in [0.2, 0.25) is 0 Å². The van der Waals surface area contributed by atoms with E-state index in [4.69, 9.17) is 4.74 Å². The van der Waals surface area contributed by atoms with E-state index in [1.54, 1.807) is 7.11 Å². The molecule has 1 heterocycles. The second-order valence-corrected chi connectivity index (χ2v) is 6.39. The van der Waals surface area contributed by atoms with E-state index in [0.29, 0.717) is 6.04 Å². The number of ether oxygens (including phenoxy) is 1. The van der Waals surface area contributed by atoms with Crippen molar-refractivity contribution in [2.45, 2.75) is 32.7 Å². The predicted octanol–water partition coefficient (Wildman–Crippen LogP) is 4.66. The standard InChI is InChI=1S/C18H25NOS/c1-4-12-19-14(2)17-9-10-18(21-17)16-8-6-5-7-15(16)11-13-20-3/h5-10,14,19H,4,11-13H2,1-3H3. The highest BCUT2D eigenvalue weighted by Crippen LogP contribution is 2.33. The fourth-order valence-corrected chi connectivity index (χ4v) is 3.48. The van der Waals surface area contributed by atoms with Crippen LogP contribution in [0.1, 0.15) is 36.8 Å². The number of rotatable bonds is 8. The van der Waals surface area contributed by atoms with Gasteiger partial charge in [0.1, 0.15) is 0 Å². The summed E-state index contributed by atoms with van der Waals surface area (Å²) >= 11 is 1.89. The van der Waals surface area contributed by atoms with Gasteiger partial charge in [-0.1, -0.05) is 31.2 Å². The Labute approximate surface area is 132 Å². The van der Waals surface area contributed by atoms with Gasteiger partial charge in [-0.3, -0.25) is 0 Å². The van der Waals surface area contributed by atoms with Crippen molar-refractivity contribution in [1.82, 2.24) is 5.32 Å². The van der Waals surface area contributed by atoms with Crippen LogP contribution in [0.4, 0.5) is 0 Å². The molecule has 0 spiro atoms. The van der Waals surface area contributed by atoms with Crippen molar-refractivity contribution in [1.29, 1.82) is 0 Å². The van der Waals surface area contributed by atoms with Crippen LogP contribution in [0.25, 0.3) is 10.4 Å². The normalized spacial score (nSPS) is 12.5. The SMILES string of the molecule is CCCNC(C)c1ccc(-c2ccccc2CCOC)s1. The molecule has 1 atom stereocenters. The van der Waals surface area contributed by atoms with Crippen LogP contribution < -0.4 is 5.32 Å². The van der Waals surface area contributed by atoms with Gasteiger partial charge in [0.15, 0.2) is 0 Å². The monoisotopic (exact) mass is 303 g/mol. The van der Waals surface area contributed by atoms with Crippen molar-refractivity contribution >= 4 is 11.3 Å². The number of hydrogen-bond acceptors (Lipinski definition) is 3. The predicted molar refractivity (Wildman–Crippen MR) is 92.0 cm³/mol. The molecule has 1 aromatic heterocycles. The average molecular weight is 303 g/mol. The zero-order valence-electron chi connectivity index (χ0n) is 13.2. The van der Waals surface area contributed by atoms with Gasteiger partial charge in [-0.2, -0.15) is 0 Å². The summed E-state index contributed by atoms with van der Waals surface area (Å²) in [6.45, 7) is 6.27. The lowest BCUT2D eigenvalue weighted by Crippen LogP contribution is -2.18. The van der Waals surface area contributed by atoms with Gasteiger partial charge in [0.05, 0.1) is 6.61 Å². The number of hydrogen-bond donors (Lipinski definition) is 1. The Morgan fingerprint density at radius 1 is 1.19 bits per heavy atom. The highest BCUT2D eigenvalue weighted by Gasteiger charge is 2.11. The Balaban J connectivity index is 2.17. The fourth-order valence-electron chi connectivity index (χ4n) is 2.38. The molecule has 3 heteroatoms. The fraction of sp³-hybridized carbons (Fsp3) is 0.444. The Morgan fingerprint density at radius 2 is 2.00 bits per heavy atom. The minimum Gasteiger partial charge on any atom is -0.384 e. The molecule has 0 amide bonds. The summed E-state index contributed by atoms with van der Waals surface area (Å²) < 4.78 is 5.22. The number of thiophene rings is 1. The van der Waals surface area contributed by atoms with E-state index in [2.05, 4.69) is 55.6 Å². The molecule has 114 valence electrons. The largest absolute Gasteiger partial charge is 0.384 e. The summed E-state index contributed by atoms with van der Waals surface area (Å²) in [5.41, 5.74) is 2.70. The van der Waals surface area contributed by atoms with E-state index in [9.17, 15) is 0 Å². The van der Waals surface area contributed by atoms with Crippen LogP contribution in [0.5, 0.6) is 0 Å². The summed E-state index contributed by atoms with van der Waals surface area (Å²) in [6, 6.07) is 13.6. The first-order chi connectivity index (χ1) is 10.3. The minimum absolute atomic E-state index is 0.426. The molecule has 2 nitrogen and oxygen atoms in total. The topological polar surface area (TPSA) is 21.3 Å². The van der Waals surface area contributed by atoms with Crippen LogP contribution in [-0.4, -0.2) is 20.3 Å². The van der Waals surface area contributed by atoms with Crippen molar-refractivity contribution in [3.63, 3.8) is 0 Å². The number of nitrogens with one attached hydrogen (secondary N) is 1. The average Bonchev–Trinajstić information content (AvgIpc) is 3.00. The minimum atomic E-state index is 0.426. The quantitative estimate of drug-likeness (QED) is 0.765. The number of methoxy groups -OCH3 is 1. The lowest BCUT2D eigenvalue weighted by Gasteiger charge is -2.11. The van der Waals surface area contributed by atoms with Gasteiger partial charge in [0.25, 0.3) is 0 Å². The van der Waals surface area contributed by atoms with Crippen LogP contribution in [0.15, 0.2) is 36.4 Å². The van der Waals surface area contributed by atoms with Gasteiger partial charge in [-0.25, -0.2) is 0 Å². The third-order valence-electron chi connectivity index (χ3n) is 3.61. The molecule has 0 aliphatic rings. The van der Waals surface area contributed by atoms with Crippen LogP contribution >= 0.6 is 11.3 Å². The summed E-state index contributed by atoms with van der Waals surface area (Å²) in [5, 5.41) is 3.55. The van der Waals surface area contributed by atoms with Gasteiger partial charge >= 0.3 is 0 Å². The van der Waals surface area contributed by atoms with E-state index in [0.717, 1.165) is 19.6 Å². The zero-order valence-corrected chi connectivity index (χ0v) is 14.0. The Bertz CT molecular complexity index is 550. The van der Waals surface area contributed by atoms with Crippen molar-refractivity contribution in [3.05, 3.63) is 46.8 Å². The van der Waals surface area contributed by atoms with Gasteiger partial charge < -0.3 is 10.1 Å². The number of benzene rings is 1. The highest BCUT2D eigenvalue weighted by molar-refractivity contribution is 7.15.